The average Bonchev–Trinajstić information content (AvgIpc) is 2.65. The maximum Gasteiger partial charge on any atom is 0.242 e. The van der Waals surface area contributed by atoms with Gasteiger partial charge >= 0.3 is 0 Å². The molecule has 24 heavy (non-hydrogen) atoms. The standard InChI is InChI=1S/C20H24N2O2/c1-22(19-11-5-8-16-7-2-3-10-18(16)19)20(24)13-21-17-9-4-6-15(12-17)14-23/h2-4,6-7,9-10,12,19,21,23H,5,8,11,13-14H2,1H3. The Labute approximate surface area is 143 Å². The van der Waals surface area contributed by atoms with Crippen molar-refractivity contribution in [2.75, 3.05) is 18.9 Å². The predicted molar refractivity (Wildman–Crippen MR) is 95.7 cm³/mol. The largest absolute Gasteiger partial charge is 0.392 e. The highest BCUT2D eigenvalue weighted by atomic mass is 16.3. The highest BCUT2D eigenvalue weighted by Gasteiger charge is 2.26. The third kappa shape index (κ3) is 3.60. The lowest BCUT2D eigenvalue weighted by molar-refractivity contribution is -0.130. The van der Waals surface area contributed by atoms with Crippen molar-refractivity contribution >= 4 is 11.6 Å². The van der Waals surface area contributed by atoms with Crippen LogP contribution in [0.1, 0.15) is 35.6 Å². The van der Waals surface area contributed by atoms with E-state index in [0.717, 1.165) is 30.5 Å². The van der Waals surface area contributed by atoms with Crippen molar-refractivity contribution in [3.63, 3.8) is 0 Å². The number of nitrogens with one attached hydrogen (secondary N) is 1. The number of benzene rings is 2. The summed E-state index contributed by atoms with van der Waals surface area (Å²) in [7, 11) is 1.89. The Kier molecular flexibility index (Phi) is 5.16. The number of carbonyl (C=O) groups is 1. The molecule has 0 saturated carbocycles. The number of hydrogen-bond acceptors (Lipinski definition) is 3. The number of aliphatic hydroxyl groups is 1. The Balaban J connectivity index is 1.65. The molecule has 0 bridgehead atoms. The van der Waals surface area contributed by atoms with Crippen LogP contribution in [0.15, 0.2) is 48.5 Å². The van der Waals surface area contributed by atoms with E-state index in [4.69, 9.17) is 0 Å². The number of hydrogen-bond donors (Lipinski definition) is 2. The van der Waals surface area contributed by atoms with Crippen molar-refractivity contribution in [3.8, 4) is 0 Å². The number of carbonyl (C=O) groups excluding carboxylic acids is 1. The van der Waals surface area contributed by atoms with E-state index < -0.39 is 0 Å². The van der Waals surface area contributed by atoms with Crippen LogP contribution in [0.2, 0.25) is 0 Å². The van der Waals surface area contributed by atoms with Crippen LogP contribution in [-0.2, 0) is 17.8 Å². The number of nitrogens with zero attached hydrogens (tertiary/aromatic N) is 1. The zero-order chi connectivity index (χ0) is 16.9. The first kappa shape index (κ1) is 16.5. The second-order valence-corrected chi connectivity index (χ2v) is 6.32. The van der Waals surface area contributed by atoms with Crippen molar-refractivity contribution in [2.24, 2.45) is 0 Å². The van der Waals surface area contributed by atoms with Crippen LogP contribution in [0.25, 0.3) is 0 Å². The molecule has 0 heterocycles. The molecule has 1 atom stereocenters. The Hall–Kier alpha value is -2.33. The summed E-state index contributed by atoms with van der Waals surface area (Å²) in [5, 5.41) is 12.3. The molecule has 0 aromatic heterocycles. The fourth-order valence-corrected chi connectivity index (χ4v) is 3.39. The Morgan fingerprint density at radius 1 is 1.25 bits per heavy atom. The molecule has 1 amide bonds. The van der Waals surface area contributed by atoms with E-state index >= 15 is 0 Å². The maximum atomic E-state index is 12.6. The van der Waals surface area contributed by atoms with Gasteiger partial charge in [-0.25, -0.2) is 0 Å². The smallest absolute Gasteiger partial charge is 0.242 e. The molecule has 4 heteroatoms. The van der Waals surface area contributed by atoms with Crippen LogP contribution in [0.3, 0.4) is 0 Å². The number of likely N-dealkylation sites (N-methyl/N-ethyl adjacent to an activating group) is 1. The van der Waals surface area contributed by atoms with Gasteiger partial charge in [-0.1, -0.05) is 36.4 Å². The Morgan fingerprint density at radius 2 is 2.08 bits per heavy atom. The van der Waals surface area contributed by atoms with Gasteiger partial charge in [0.1, 0.15) is 0 Å². The molecule has 0 aliphatic heterocycles. The molecule has 1 unspecified atom stereocenters. The van der Waals surface area contributed by atoms with Gasteiger partial charge in [-0.2, -0.15) is 0 Å². The van der Waals surface area contributed by atoms with Crippen LogP contribution in [-0.4, -0.2) is 29.5 Å². The highest BCUT2D eigenvalue weighted by Crippen LogP contribution is 2.33. The third-order valence-electron chi connectivity index (χ3n) is 4.75. The van der Waals surface area contributed by atoms with Gasteiger partial charge in [-0.05, 0) is 48.1 Å². The minimum atomic E-state index is 0.00221. The molecule has 0 fully saturated rings. The number of fused-ring (bicyclic) bond motifs is 1. The average molecular weight is 324 g/mol. The molecule has 0 saturated heterocycles. The molecule has 1 aliphatic rings. The summed E-state index contributed by atoms with van der Waals surface area (Å²) >= 11 is 0. The summed E-state index contributed by atoms with van der Waals surface area (Å²) in [4.78, 5) is 14.5. The number of aliphatic hydroxyl groups excluding tert-OH is 1. The van der Waals surface area contributed by atoms with Gasteiger partial charge in [0, 0.05) is 12.7 Å². The quantitative estimate of drug-likeness (QED) is 0.888. The van der Waals surface area contributed by atoms with Crippen LogP contribution in [0, 0.1) is 0 Å². The van der Waals surface area contributed by atoms with Crippen LogP contribution in [0.5, 0.6) is 0 Å². The van der Waals surface area contributed by atoms with Crippen LogP contribution in [0.4, 0.5) is 5.69 Å². The molecule has 3 rings (SSSR count). The maximum absolute atomic E-state index is 12.6. The van der Waals surface area contributed by atoms with Crippen molar-refractivity contribution in [1.29, 1.82) is 0 Å². The van der Waals surface area contributed by atoms with Gasteiger partial charge in [0.25, 0.3) is 0 Å². The first-order valence-electron chi connectivity index (χ1n) is 8.46. The zero-order valence-corrected chi connectivity index (χ0v) is 14.0. The van der Waals surface area contributed by atoms with Crippen molar-refractivity contribution in [3.05, 3.63) is 65.2 Å². The molecule has 2 aromatic rings. The lowest BCUT2D eigenvalue weighted by atomic mass is 9.87. The molecular weight excluding hydrogens is 300 g/mol. The number of rotatable bonds is 5. The second kappa shape index (κ2) is 7.49. The van der Waals surface area contributed by atoms with Gasteiger partial charge in [0.2, 0.25) is 5.91 Å². The normalized spacial score (nSPS) is 16.3. The van der Waals surface area contributed by atoms with Crippen molar-refractivity contribution < 1.29 is 9.90 Å². The predicted octanol–water partition coefficient (Wildman–Crippen LogP) is 3.13. The van der Waals surface area contributed by atoms with Crippen molar-refractivity contribution in [2.45, 2.75) is 31.9 Å². The van der Waals surface area contributed by atoms with E-state index in [-0.39, 0.29) is 25.1 Å². The number of aryl methyl sites for hydroxylation is 1. The van der Waals surface area contributed by atoms with E-state index in [9.17, 15) is 9.90 Å². The van der Waals surface area contributed by atoms with Gasteiger partial charge in [-0.15, -0.1) is 0 Å². The van der Waals surface area contributed by atoms with Gasteiger partial charge < -0.3 is 15.3 Å². The first-order chi connectivity index (χ1) is 11.7. The molecule has 0 radical (unpaired) electrons. The number of amides is 1. The SMILES string of the molecule is CN(C(=O)CNc1cccc(CO)c1)C1CCCc2ccccc21. The minimum Gasteiger partial charge on any atom is -0.392 e. The van der Waals surface area contributed by atoms with E-state index in [2.05, 4.69) is 23.5 Å². The van der Waals surface area contributed by atoms with E-state index in [1.807, 2.05) is 42.3 Å². The third-order valence-corrected chi connectivity index (χ3v) is 4.75. The Bertz CT molecular complexity index is 714. The van der Waals surface area contributed by atoms with E-state index in [0.29, 0.717) is 0 Å². The topological polar surface area (TPSA) is 52.6 Å². The summed E-state index contributed by atoms with van der Waals surface area (Å²) in [5.74, 6) is 0.0751. The summed E-state index contributed by atoms with van der Waals surface area (Å²) in [6.07, 6.45) is 3.23. The van der Waals surface area contributed by atoms with Crippen molar-refractivity contribution in [1.82, 2.24) is 4.90 Å². The summed E-state index contributed by atoms with van der Waals surface area (Å²) < 4.78 is 0. The first-order valence-corrected chi connectivity index (χ1v) is 8.46. The zero-order valence-electron chi connectivity index (χ0n) is 14.0. The highest BCUT2D eigenvalue weighted by molar-refractivity contribution is 5.81. The lowest BCUT2D eigenvalue weighted by Crippen LogP contribution is -2.37. The monoisotopic (exact) mass is 324 g/mol. The molecular formula is C20H24N2O2. The van der Waals surface area contributed by atoms with Gasteiger partial charge in [-0.3, -0.25) is 4.79 Å². The van der Waals surface area contributed by atoms with Crippen LogP contribution < -0.4 is 5.32 Å². The van der Waals surface area contributed by atoms with E-state index in [1.165, 1.54) is 11.1 Å². The Morgan fingerprint density at radius 3 is 2.92 bits per heavy atom. The fraction of sp³-hybridized carbons (Fsp3) is 0.350. The second-order valence-electron chi connectivity index (χ2n) is 6.32. The summed E-state index contributed by atoms with van der Waals surface area (Å²) in [6, 6.07) is 16.1. The minimum absolute atomic E-state index is 0.00221. The molecule has 126 valence electrons. The lowest BCUT2D eigenvalue weighted by Gasteiger charge is -2.33. The molecule has 0 spiro atoms. The van der Waals surface area contributed by atoms with Gasteiger partial charge in [0.15, 0.2) is 0 Å². The molecule has 1 aliphatic carbocycles. The van der Waals surface area contributed by atoms with E-state index in [1.54, 1.807) is 0 Å². The molecule has 4 nitrogen and oxygen atoms in total. The number of anilines is 1. The molecule has 2 aromatic carbocycles. The van der Waals surface area contributed by atoms with Gasteiger partial charge in [0.05, 0.1) is 19.2 Å². The van der Waals surface area contributed by atoms with Crippen LogP contribution >= 0.6 is 0 Å². The fourth-order valence-electron chi connectivity index (χ4n) is 3.39. The summed E-state index contributed by atoms with van der Waals surface area (Å²) in [5.41, 5.74) is 4.33. The molecule has 2 N–H and O–H groups in total. The summed E-state index contributed by atoms with van der Waals surface area (Å²) in [6.45, 7) is 0.256.